The zero-order valence-electron chi connectivity index (χ0n) is 22.0. The topological polar surface area (TPSA) is 108 Å². The number of amides is 3. The van der Waals surface area contributed by atoms with Gasteiger partial charge in [0.05, 0.1) is 31.7 Å². The largest absolute Gasteiger partial charge is 0.495 e. The molecule has 0 saturated carbocycles. The van der Waals surface area contributed by atoms with E-state index in [4.69, 9.17) is 9.84 Å². The van der Waals surface area contributed by atoms with Crippen LogP contribution in [0.2, 0.25) is 0 Å². The summed E-state index contributed by atoms with van der Waals surface area (Å²) in [6.07, 6.45) is 1.85. The summed E-state index contributed by atoms with van der Waals surface area (Å²) in [6, 6.07) is 19.4. The molecule has 0 aromatic heterocycles. The van der Waals surface area contributed by atoms with Crippen LogP contribution in [0.1, 0.15) is 35.1 Å². The SMILES string of the molecule is COc1cc(CC(=O)N2CCCC2C#Cc2ccc(CC(=O)O)cc2)ccc1NC(=O)Nc1ccccc1C. The van der Waals surface area contributed by atoms with Gasteiger partial charge in [0.25, 0.3) is 0 Å². The number of likely N-dealkylation sites (tertiary alicyclic amines) is 1. The number of nitrogens with zero attached hydrogens (tertiary/aromatic N) is 1. The van der Waals surface area contributed by atoms with E-state index in [-0.39, 0.29) is 30.8 Å². The molecule has 39 heavy (non-hydrogen) atoms. The van der Waals surface area contributed by atoms with Gasteiger partial charge in [-0.3, -0.25) is 9.59 Å². The van der Waals surface area contributed by atoms with E-state index in [1.807, 2.05) is 31.2 Å². The molecule has 1 unspecified atom stereocenters. The van der Waals surface area contributed by atoms with Crippen LogP contribution in [0.3, 0.4) is 0 Å². The number of hydrogen-bond donors (Lipinski definition) is 3. The summed E-state index contributed by atoms with van der Waals surface area (Å²) >= 11 is 0. The Morgan fingerprint density at radius 1 is 0.974 bits per heavy atom. The van der Waals surface area contributed by atoms with Gasteiger partial charge in [-0.05, 0) is 66.8 Å². The molecular formula is C31H31N3O5. The average molecular weight is 526 g/mol. The number of aryl methyl sites for hydroxylation is 1. The van der Waals surface area contributed by atoms with E-state index >= 15 is 0 Å². The molecule has 0 bridgehead atoms. The molecule has 4 rings (SSSR count). The first-order valence-corrected chi connectivity index (χ1v) is 12.7. The Morgan fingerprint density at radius 3 is 2.41 bits per heavy atom. The van der Waals surface area contributed by atoms with Gasteiger partial charge in [0, 0.05) is 17.8 Å². The van der Waals surface area contributed by atoms with E-state index in [1.165, 1.54) is 7.11 Å². The first kappa shape index (κ1) is 27.3. The number of carbonyl (C=O) groups excluding carboxylic acids is 2. The molecule has 3 aromatic carbocycles. The Labute approximate surface area is 228 Å². The summed E-state index contributed by atoms with van der Waals surface area (Å²) in [4.78, 5) is 38.4. The summed E-state index contributed by atoms with van der Waals surface area (Å²) in [5, 5.41) is 14.6. The molecule has 1 fully saturated rings. The van der Waals surface area contributed by atoms with Crippen molar-refractivity contribution in [1.29, 1.82) is 0 Å². The van der Waals surface area contributed by atoms with E-state index in [1.54, 1.807) is 47.4 Å². The van der Waals surface area contributed by atoms with Crippen molar-refractivity contribution in [2.24, 2.45) is 0 Å². The fourth-order valence-corrected chi connectivity index (χ4v) is 4.48. The molecule has 0 radical (unpaired) electrons. The number of nitrogens with one attached hydrogen (secondary N) is 2. The van der Waals surface area contributed by atoms with Crippen LogP contribution in [0.25, 0.3) is 0 Å². The highest BCUT2D eigenvalue weighted by atomic mass is 16.5. The fourth-order valence-electron chi connectivity index (χ4n) is 4.48. The molecule has 1 heterocycles. The van der Waals surface area contributed by atoms with Crippen LogP contribution in [-0.2, 0) is 22.4 Å². The Bertz CT molecular complexity index is 1420. The molecule has 1 aliphatic rings. The summed E-state index contributed by atoms with van der Waals surface area (Å²) in [7, 11) is 1.52. The number of carbonyl (C=O) groups is 3. The number of aliphatic carboxylic acids is 1. The Morgan fingerprint density at radius 2 is 1.69 bits per heavy atom. The predicted molar refractivity (Wildman–Crippen MR) is 150 cm³/mol. The zero-order valence-corrected chi connectivity index (χ0v) is 22.0. The number of carboxylic acid groups (broad SMARTS) is 1. The van der Waals surface area contributed by atoms with Gasteiger partial charge in [0.2, 0.25) is 5.91 Å². The summed E-state index contributed by atoms with van der Waals surface area (Å²) in [6.45, 7) is 2.56. The summed E-state index contributed by atoms with van der Waals surface area (Å²) in [5.41, 5.74) is 4.44. The van der Waals surface area contributed by atoms with Gasteiger partial charge in [-0.25, -0.2) is 4.79 Å². The minimum Gasteiger partial charge on any atom is -0.495 e. The first-order valence-electron chi connectivity index (χ1n) is 12.7. The molecule has 3 aromatic rings. The van der Waals surface area contributed by atoms with Crippen LogP contribution >= 0.6 is 0 Å². The highest BCUT2D eigenvalue weighted by Gasteiger charge is 2.27. The molecular weight excluding hydrogens is 494 g/mol. The van der Waals surface area contributed by atoms with Gasteiger partial charge in [0.1, 0.15) is 5.75 Å². The van der Waals surface area contributed by atoms with Crippen molar-refractivity contribution in [3.05, 3.63) is 89.0 Å². The van der Waals surface area contributed by atoms with Crippen LogP contribution in [0, 0.1) is 18.8 Å². The molecule has 8 heteroatoms. The number of carboxylic acids is 1. The Kier molecular flexibility index (Phi) is 8.85. The molecule has 1 aliphatic heterocycles. The first-order chi connectivity index (χ1) is 18.8. The fraction of sp³-hybridized carbons (Fsp3) is 0.258. The van der Waals surface area contributed by atoms with Crippen molar-refractivity contribution in [3.63, 3.8) is 0 Å². The molecule has 3 amide bonds. The maximum Gasteiger partial charge on any atom is 0.323 e. The molecule has 3 N–H and O–H groups in total. The number of ether oxygens (including phenoxy) is 1. The van der Waals surface area contributed by atoms with Crippen molar-refractivity contribution in [2.75, 3.05) is 24.3 Å². The van der Waals surface area contributed by atoms with Gasteiger partial charge < -0.3 is 25.4 Å². The summed E-state index contributed by atoms with van der Waals surface area (Å²) in [5.74, 6) is 5.90. The third-order valence-corrected chi connectivity index (χ3v) is 6.53. The van der Waals surface area contributed by atoms with Crippen LogP contribution in [0.5, 0.6) is 5.75 Å². The van der Waals surface area contributed by atoms with Crippen LogP contribution in [0.4, 0.5) is 16.2 Å². The van der Waals surface area contributed by atoms with Crippen molar-refractivity contribution in [3.8, 4) is 17.6 Å². The number of anilines is 2. The number of benzene rings is 3. The quantitative estimate of drug-likeness (QED) is 0.382. The minimum atomic E-state index is -0.874. The van der Waals surface area contributed by atoms with Crippen molar-refractivity contribution >= 4 is 29.3 Å². The van der Waals surface area contributed by atoms with Gasteiger partial charge in [-0.15, -0.1) is 0 Å². The number of para-hydroxylation sites is 1. The third-order valence-electron chi connectivity index (χ3n) is 6.53. The second kappa shape index (κ2) is 12.7. The van der Waals surface area contributed by atoms with Crippen LogP contribution in [-0.4, -0.2) is 47.6 Å². The lowest BCUT2D eigenvalue weighted by molar-refractivity contribution is -0.136. The minimum absolute atomic E-state index is 0.0244. The monoisotopic (exact) mass is 525 g/mol. The Hall–Kier alpha value is -4.77. The van der Waals surface area contributed by atoms with Gasteiger partial charge >= 0.3 is 12.0 Å². The van der Waals surface area contributed by atoms with Gasteiger partial charge in [-0.1, -0.05) is 48.2 Å². The maximum atomic E-state index is 13.2. The third kappa shape index (κ3) is 7.39. The smallest absolute Gasteiger partial charge is 0.323 e. The second-order valence-corrected chi connectivity index (χ2v) is 9.39. The number of methoxy groups -OCH3 is 1. The Balaban J connectivity index is 1.38. The molecule has 1 saturated heterocycles. The number of hydrogen-bond acceptors (Lipinski definition) is 4. The molecule has 1 atom stereocenters. The number of rotatable bonds is 7. The molecule has 200 valence electrons. The standard InChI is InChI=1S/C31H31N3O5/c1-21-6-3-4-8-26(21)32-31(38)33-27-16-14-24(18-28(27)39-2)19-29(35)34-17-5-7-25(34)15-13-22-9-11-23(12-10-22)20-30(36)37/h3-4,6,8-12,14,16,18,25H,5,7,17,19-20H2,1-2H3,(H,36,37)(H2,32,33,38). The van der Waals surface area contributed by atoms with Crippen molar-refractivity contribution in [2.45, 2.75) is 38.6 Å². The lowest BCUT2D eigenvalue weighted by atomic mass is 10.1. The predicted octanol–water partition coefficient (Wildman–Crippen LogP) is 4.86. The van der Waals surface area contributed by atoms with E-state index in [0.29, 0.717) is 23.5 Å². The van der Waals surface area contributed by atoms with Gasteiger partial charge in [0.15, 0.2) is 0 Å². The number of urea groups is 1. The van der Waals surface area contributed by atoms with Gasteiger partial charge in [-0.2, -0.15) is 0 Å². The second-order valence-electron chi connectivity index (χ2n) is 9.39. The van der Waals surface area contributed by atoms with Crippen LogP contribution in [0.15, 0.2) is 66.7 Å². The van der Waals surface area contributed by atoms with E-state index < -0.39 is 5.97 Å². The zero-order chi connectivity index (χ0) is 27.8. The summed E-state index contributed by atoms with van der Waals surface area (Å²) < 4.78 is 5.48. The molecule has 0 aliphatic carbocycles. The van der Waals surface area contributed by atoms with E-state index in [0.717, 1.165) is 35.2 Å². The highest BCUT2D eigenvalue weighted by molar-refractivity contribution is 6.01. The lowest BCUT2D eigenvalue weighted by Gasteiger charge is -2.21. The van der Waals surface area contributed by atoms with Crippen molar-refractivity contribution in [1.82, 2.24) is 4.90 Å². The lowest BCUT2D eigenvalue weighted by Crippen LogP contribution is -2.35. The van der Waals surface area contributed by atoms with E-state index in [2.05, 4.69) is 22.5 Å². The molecule has 8 nitrogen and oxygen atoms in total. The average Bonchev–Trinajstić information content (AvgIpc) is 3.39. The molecule has 0 spiro atoms. The van der Waals surface area contributed by atoms with Crippen molar-refractivity contribution < 1.29 is 24.2 Å². The normalized spacial score (nSPS) is 14.2. The highest BCUT2D eigenvalue weighted by Crippen LogP contribution is 2.27. The van der Waals surface area contributed by atoms with E-state index in [9.17, 15) is 14.4 Å². The van der Waals surface area contributed by atoms with Crippen LogP contribution < -0.4 is 15.4 Å². The maximum absolute atomic E-state index is 13.2.